The molecule has 0 bridgehead atoms. The van der Waals surface area contributed by atoms with E-state index in [9.17, 15) is 0 Å². The number of nitrogens with zero attached hydrogens (tertiary/aromatic N) is 1. The maximum absolute atomic E-state index is 4.92. The zero-order valence-electron chi connectivity index (χ0n) is 10.9. The van der Waals surface area contributed by atoms with E-state index in [1.165, 1.54) is 35.4 Å². The van der Waals surface area contributed by atoms with Crippen LogP contribution in [-0.2, 0) is 6.42 Å². The van der Waals surface area contributed by atoms with E-state index in [4.69, 9.17) is 4.98 Å². The Morgan fingerprint density at radius 2 is 2.37 bits per heavy atom. The van der Waals surface area contributed by atoms with Crippen LogP contribution in [0.25, 0.3) is 10.6 Å². The molecule has 2 nitrogen and oxygen atoms in total. The number of fused-ring (bicyclic) bond motifs is 1. The third kappa shape index (κ3) is 2.76. The average Bonchev–Trinajstić information content (AvgIpc) is 2.84. The first-order valence-electron chi connectivity index (χ1n) is 6.68. The zero-order chi connectivity index (χ0) is 13.2. The van der Waals surface area contributed by atoms with E-state index < -0.39 is 0 Å². The maximum Gasteiger partial charge on any atom is 0.123 e. The predicted octanol–water partition coefficient (Wildman–Crippen LogP) is 4.21. The summed E-state index contributed by atoms with van der Waals surface area (Å²) in [6.45, 7) is 1.04. The number of halogens is 1. The first kappa shape index (κ1) is 13.3. The molecule has 1 aromatic heterocycles. The highest BCUT2D eigenvalue weighted by molar-refractivity contribution is 9.10. The highest BCUT2D eigenvalue weighted by Crippen LogP contribution is 2.38. The predicted molar refractivity (Wildman–Crippen MR) is 84.9 cm³/mol. The summed E-state index contributed by atoms with van der Waals surface area (Å²) in [6, 6.07) is 8.42. The van der Waals surface area contributed by atoms with Crippen molar-refractivity contribution in [3.63, 3.8) is 0 Å². The third-order valence-electron chi connectivity index (χ3n) is 3.59. The second kappa shape index (κ2) is 5.73. The van der Waals surface area contributed by atoms with Gasteiger partial charge in [0.25, 0.3) is 0 Å². The van der Waals surface area contributed by atoms with Crippen molar-refractivity contribution < 1.29 is 0 Å². The molecule has 0 aliphatic heterocycles. The molecule has 1 N–H and O–H groups in total. The molecule has 0 spiro atoms. The van der Waals surface area contributed by atoms with E-state index in [-0.39, 0.29) is 0 Å². The van der Waals surface area contributed by atoms with E-state index in [2.05, 4.69) is 45.5 Å². The second-order valence-electron chi connectivity index (χ2n) is 4.98. The van der Waals surface area contributed by atoms with Crippen molar-refractivity contribution in [2.75, 3.05) is 13.6 Å². The summed E-state index contributed by atoms with van der Waals surface area (Å²) in [6.07, 6.45) is 3.75. The fourth-order valence-corrected chi connectivity index (χ4v) is 4.28. The Bertz CT molecular complexity index is 579. The van der Waals surface area contributed by atoms with Gasteiger partial charge in [-0.2, -0.15) is 0 Å². The molecule has 0 saturated heterocycles. The first-order valence-corrected chi connectivity index (χ1v) is 8.29. The summed E-state index contributed by atoms with van der Waals surface area (Å²) in [4.78, 5) is 6.41. The van der Waals surface area contributed by atoms with Gasteiger partial charge in [0.2, 0.25) is 0 Å². The Hall–Kier alpha value is -0.710. The molecule has 1 atom stereocenters. The van der Waals surface area contributed by atoms with Crippen LogP contribution in [0.4, 0.5) is 0 Å². The lowest BCUT2D eigenvalue weighted by Crippen LogP contribution is -2.20. The lowest BCUT2D eigenvalue weighted by molar-refractivity contribution is 0.523. The molecule has 0 amide bonds. The van der Waals surface area contributed by atoms with Crippen LogP contribution in [-0.4, -0.2) is 18.6 Å². The molecule has 0 fully saturated rings. The van der Waals surface area contributed by atoms with E-state index in [1.807, 2.05) is 18.4 Å². The van der Waals surface area contributed by atoms with Crippen molar-refractivity contribution in [3.8, 4) is 10.6 Å². The van der Waals surface area contributed by atoms with Crippen LogP contribution < -0.4 is 5.32 Å². The number of hydrogen-bond acceptors (Lipinski definition) is 3. The number of aryl methyl sites for hydroxylation is 1. The topological polar surface area (TPSA) is 24.9 Å². The van der Waals surface area contributed by atoms with Crippen molar-refractivity contribution >= 4 is 27.3 Å². The number of aromatic nitrogens is 1. The van der Waals surface area contributed by atoms with Gasteiger partial charge in [-0.25, -0.2) is 4.98 Å². The minimum atomic E-state index is 0.589. The molecule has 2 aromatic rings. The molecule has 0 saturated carbocycles. The average molecular weight is 337 g/mol. The Labute approximate surface area is 126 Å². The SMILES string of the molecule is CNCC1CCCc2sc(-c3cccc(Br)c3)nc21. The van der Waals surface area contributed by atoms with Gasteiger partial charge in [0.05, 0.1) is 5.69 Å². The minimum absolute atomic E-state index is 0.589. The van der Waals surface area contributed by atoms with Gasteiger partial charge in [0.1, 0.15) is 5.01 Å². The van der Waals surface area contributed by atoms with Gasteiger partial charge in [-0.15, -0.1) is 11.3 Å². The number of hydrogen-bond donors (Lipinski definition) is 1. The summed E-state index contributed by atoms with van der Waals surface area (Å²) >= 11 is 5.40. The van der Waals surface area contributed by atoms with Crippen molar-refractivity contribution in [2.45, 2.75) is 25.2 Å². The van der Waals surface area contributed by atoms with Gasteiger partial charge in [-0.3, -0.25) is 0 Å². The Morgan fingerprint density at radius 1 is 1.47 bits per heavy atom. The highest BCUT2D eigenvalue weighted by atomic mass is 79.9. The summed E-state index contributed by atoms with van der Waals surface area (Å²) in [5, 5.41) is 4.45. The molecule has 100 valence electrons. The standard InChI is InChI=1S/C15H17BrN2S/c1-17-9-11-5-3-7-13-14(11)18-15(19-13)10-4-2-6-12(16)8-10/h2,4,6,8,11,17H,3,5,7,9H2,1H3. The molecule has 1 aliphatic carbocycles. The van der Waals surface area contributed by atoms with Crippen molar-refractivity contribution in [1.29, 1.82) is 0 Å². The molecule has 1 aromatic carbocycles. The number of likely N-dealkylation sites (N-methyl/N-ethyl adjacent to an activating group) is 1. The number of nitrogens with one attached hydrogen (secondary N) is 1. The van der Waals surface area contributed by atoms with Crippen LogP contribution in [0.3, 0.4) is 0 Å². The molecule has 1 unspecified atom stereocenters. The van der Waals surface area contributed by atoms with E-state index in [0.29, 0.717) is 5.92 Å². The lowest BCUT2D eigenvalue weighted by atomic mass is 9.91. The fourth-order valence-electron chi connectivity index (χ4n) is 2.70. The van der Waals surface area contributed by atoms with Crippen LogP contribution in [0.1, 0.15) is 29.3 Å². The number of benzene rings is 1. The van der Waals surface area contributed by atoms with Gasteiger partial charge >= 0.3 is 0 Å². The summed E-state index contributed by atoms with van der Waals surface area (Å²) in [7, 11) is 2.02. The van der Waals surface area contributed by atoms with E-state index >= 15 is 0 Å². The fraction of sp³-hybridized carbons (Fsp3) is 0.400. The number of rotatable bonds is 3. The largest absolute Gasteiger partial charge is 0.319 e. The Morgan fingerprint density at radius 3 is 3.16 bits per heavy atom. The van der Waals surface area contributed by atoms with Gasteiger partial charge in [-0.05, 0) is 38.4 Å². The molecule has 0 radical (unpaired) electrons. The summed E-state index contributed by atoms with van der Waals surface area (Å²) < 4.78 is 1.12. The van der Waals surface area contributed by atoms with Gasteiger partial charge in [0, 0.05) is 27.4 Å². The van der Waals surface area contributed by atoms with Gasteiger partial charge in [-0.1, -0.05) is 28.1 Å². The van der Waals surface area contributed by atoms with E-state index in [1.54, 1.807) is 0 Å². The zero-order valence-corrected chi connectivity index (χ0v) is 13.4. The van der Waals surface area contributed by atoms with Crippen LogP contribution in [0.2, 0.25) is 0 Å². The summed E-state index contributed by atoms with van der Waals surface area (Å²) in [5.41, 5.74) is 2.55. The van der Waals surface area contributed by atoms with Gasteiger partial charge in [0.15, 0.2) is 0 Å². The molecule has 3 rings (SSSR count). The molecular weight excluding hydrogens is 320 g/mol. The molecule has 4 heteroatoms. The first-order chi connectivity index (χ1) is 9.28. The lowest BCUT2D eigenvalue weighted by Gasteiger charge is -2.20. The van der Waals surface area contributed by atoms with Crippen LogP contribution in [0.5, 0.6) is 0 Å². The minimum Gasteiger partial charge on any atom is -0.319 e. The van der Waals surface area contributed by atoms with Crippen molar-refractivity contribution in [1.82, 2.24) is 10.3 Å². The van der Waals surface area contributed by atoms with Crippen molar-refractivity contribution in [3.05, 3.63) is 39.3 Å². The summed E-state index contributed by atoms with van der Waals surface area (Å²) in [5.74, 6) is 0.589. The maximum atomic E-state index is 4.92. The Kier molecular flexibility index (Phi) is 4.01. The van der Waals surface area contributed by atoms with Gasteiger partial charge < -0.3 is 5.32 Å². The number of thiazole rings is 1. The van der Waals surface area contributed by atoms with Crippen LogP contribution in [0, 0.1) is 0 Å². The van der Waals surface area contributed by atoms with Crippen molar-refractivity contribution in [2.24, 2.45) is 0 Å². The third-order valence-corrected chi connectivity index (χ3v) is 5.27. The van der Waals surface area contributed by atoms with Crippen LogP contribution in [0.15, 0.2) is 28.7 Å². The highest BCUT2D eigenvalue weighted by Gasteiger charge is 2.24. The normalized spacial score (nSPS) is 18.3. The van der Waals surface area contributed by atoms with E-state index in [0.717, 1.165) is 16.0 Å². The smallest absolute Gasteiger partial charge is 0.123 e. The molecular formula is C15H17BrN2S. The molecule has 19 heavy (non-hydrogen) atoms. The Balaban J connectivity index is 1.97. The van der Waals surface area contributed by atoms with Crippen LogP contribution >= 0.6 is 27.3 Å². The monoisotopic (exact) mass is 336 g/mol. The molecule has 1 heterocycles. The second-order valence-corrected chi connectivity index (χ2v) is 6.98. The molecule has 1 aliphatic rings. The quantitative estimate of drug-likeness (QED) is 0.907.